The van der Waals surface area contributed by atoms with Crippen LogP contribution in [0, 0.1) is 13.8 Å². The van der Waals surface area contributed by atoms with Gasteiger partial charge in [0.05, 0.1) is 17.8 Å². The molecule has 28 heavy (non-hydrogen) atoms. The van der Waals surface area contributed by atoms with E-state index in [9.17, 15) is 4.79 Å². The second-order valence-electron chi connectivity index (χ2n) is 7.65. The highest BCUT2D eigenvalue weighted by atomic mass is 16.2. The molecule has 1 saturated heterocycles. The van der Waals surface area contributed by atoms with Gasteiger partial charge < -0.3 is 9.47 Å². The molecule has 1 fully saturated rings. The highest BCUT2D eigenvalue weighted by Gasteiger charge is 2.28. The maximum Gasteiger partial charge on any atom is 0.227 e. The molecular weight excluding hydrogens is 350 g/mol. The van der Waals surface area contributed by atoms with Crippen molar-refractivity contribution in [2.45, 2.75) is 39.0 Å². The minimum atomic E-state index is 0.178. The first-order chi connectivity index (χ1) is 13.5. The Morgan fingerprint density at radius 2 is 2.00 bits per heavy atom. The molecule has 2 aromatic heterocycles. The molecule has 6 nitrogen and oxygen atoms in total. The molecule has 0 bridgehead atoms. The first-order valence-corrected chi connectivity index (χ1v) is 9.90. The first kappa shape index (κ1) is 18.5. The predicted molar refractivity (Wildman–Crippen MR) is 109 cm³/mol. The molecule has 0 unspecified atom stereocenters. The van der Waals surface area contributed by atoms with Gasteiger partial charge in [0.1, 0.15) is 5.82 Å². The number of nitrogens with zero attached hydrogens (tertiary/aromatic N) is 5. The number of aromatic nitrogens is 4. The monoisotopic (exact) mass is 377 g/mol. The molecule has 4 rings (SSSR count). The van der Waals surface area contributed by atoms with Gasteiger partial charge in [0.2, 0.25) is 5.91 Å². The summed E-state index contributed by atoms with van der Waals surface area (Å²) in [7, 11) is 2.02. The minimum Gasteiger partial charge on any atom is -0.342 e. The van der Waals surface area contributed by atoms with Gasteiger partial charge in [0, 0.05) is 49.7 Å². The molecule has 1 aliphatic rings. The Hall–Kier alpha value is -2.89. The fourth-order valence-corrected chi connectivity index (χ4v) is 4.20. The zero-order valence-electron chi connectivity index (χ0n) is 16.8. The lowest BCUT2D eigenvalue weighted by Crippen LogP contribution is -2.40. The van der Waals surface area contributed by atoms with Crippen LogP contribution in [0.5, 0.6) is 0 Å². The van der Waals surface area contributed by atoms with E-state index < -0.39 is 0 Å². The van der Waals surface area contributed by atoms with Crippen molar-refractivity contribution >= 4 is 5.91 Å². The molecule has 0 saturated carbocycles. The van der Waals surface area contributed by atoms with Gasteiger partial charge >= 0.3 is 0 Å². The van der Waals surface area contributed by atoms with Gasteiger partial charge in [-0.2, -0.15) is 5.10 Å². The van der Waals surface area contributed by atoms with E-state index in [4.69, 9.17) is 0 Å². The lowest BCUT2D eigenvalue weighted by atomic mass is 9.96. The summed E-state index contributed by atoms with van der Waals surface area (Å²) in [6.07, 6.45) is 6.31. The lowest BCUT2D eigenvalue weighted by Gasteiger charge is -2.32. The molecule has 0 radical (unpaired) electrons. The summed E-state index contributed by atoms with van der Waals surface area (Å²) >= 11 is 0. The number of carbonyl (C=O) groups excluding carboxylic acids is 1. The fraction of sp³-hybridized carbons (Fsp3) is 0.409. The standard InChI is InChI=1S/C22H27N5O/c1-16-20(17(2)27(24-16)19-9-5-4-6-10-19)14-21(28)26-12-7-8-18(15-26)22-23-11-13-25(22)3/h4-6,9-11,13,18H,7-8,12,14-15H2,1-3H3/t18-/m1/s1. The number of para-hydroxylation sites is 1. The van der Waals surface area contributed by atoms with Crippen molar-refractivity contribution in [3.05, 3.63) is 65.5 Å². The summed E-state index contributed by atoms with van der Waals surface area (Å²) in [4.78, 5) is 19.6. The second-order valence-corrected chi connectivity index (χ2v) is 7.65. The van der Waals surface area contributed by atoms with Crippen LogP contribution in [-0.2, 0) is 18.3 Å². The average molecular weight is 377 g/mol. The average Bonchev–Trinajstić information content (AvgIpc) is 3.27. The van der Waals surface area contributed by atoms with Gasteiger partial charge in [-0.05, 0) is 38.8 Å². The Bertz CT molecular complexity index is 972. The van der Waals surface area contributed by atoms with Gasteiger partial charge in [0.15, 0.2) is 0 Å². The Balaban J connectivity index is 1.51. The molecule has 1 aromatic carbocycles. The SMILES string of the molecule is Cc1nn(-c2ccccc2)c(C)c1CC(=O)N1CCC[C@@H](c2nccn2C)C1. The molecule has 0 N–H and O–H groups in total. The van der Waals surface area contributed by atoms with Crippen LogP contribution in [0.4, 0.5) is 0 Å². The Labute approximate surface area is 165 Å². The van der Waals surface area contributed by atoms with Crippen molar-refractivity contribution in [3.8, 4) is 5.69 Å². The topological polar surface area (TPSA) is 56.0 Å². The van der Waals surface area contributed by atoms with Crippen LogP contribution in [0.1, 0.15) is 41.5 Å². The quantitative estimate of drug-likeness (QED) is 0.702. The van der Waals surface area contributed by atoms with Crippen LogP contribution in [0.25, 0.3) is 5.69 Å². The number of hydrogen-bond donors (Lipinski definition) is 0. The van der Waals surface area contributed by atoms with E-state index in [1.165, 1.54) is 0 Å². The maximum absolute atomic E-state index is 13.1. The van der Waals surface area contributed by atoms with E-state index in [-0.39, 0.29) is 5.91 Å². The van der Waals surface area contributed by atoms with Crippen molar-refractivity contribution in [1.82, 2.24) is 24.2 Å². The Kier molecular flexibility index (Phi) is 5.03. The van der Waals surface area contributed by atoms with Gasteiger partial charge in [0.25, 0.3) is 0 Å². The van der Waals surface area contributed by atoms with Crippen molar-refractivity contribution in [2.75, 3.05) is 13.1 Å². The van der Waals surface area contributed by atoms with Crippen LogP contribution in [0.3, 0.4) is 0 Å². The zero-order valence-corrected chi connectivity index (χ0v) is 16.8. The number of piperidine rings is 1. The van der Waals surface area contributed by atoms with Gasteiger partial charge in [-0.1, -0.05) is 18.2 Å². The number of likely N-dealkylation sites (tertiary alicyclic amines) is 1. The number of rotatable bonds is 4. The summed E-state index contributed by atoms with van der Waals surface area (Å²) in [5.74, 6) is 1.56. The number of hydrogen-bond acceptors (Lipinski definition) is 3. The highest BCUT2D eigenvalue weighted by molar-refractivity contribution is 5.79. The largest absolute Gasteiger partial charge is 0.342 e. The summed E-state index contributed by atoms with van der Waals surface area (Å²) in [6, 6.07) is 10.1. The molecule has 3 heterocycles. The Morgan fingerprint density at radius 3 is 2.71 bits per heavy atom. The number of amides is 1. The van der Waals surface area contributed by atoms with Crippen LogP contribution >= 0.6 is 0 Å². The van der Waals surface area contributed by atoms with Crippen LogP contribution in [0.2, 0.25) is 0 Å². The molecule has 0 spiro atoms. The molecule has 1 aliphatic heterocycles. The normalized spacial score (nSPS) is 17.1. The van der Waals surface area contributed by atoms with Crippen molar-refractivity contribution in [1.29, 1.82) is 0 Å². The van der Waals surface area contributed by atoms with Gasteiger partial charge in [-0.25, -0.2) is 9.67 Å². The molecule has 6 heteroatoms. The number of benzene rings is 1. The number of aryl methyl sites for hydroxylation is 2. The summed E-state index contributed by atoms with van der Waals surface area (Å²) < 4.78 is 4.00. The van der Waals surface area contributed by atoms with E-state index in [1.807, 2.05) is 73.2 Å². The summed E-state index contributed by atoms with van der Waals surface area (Å²) in [6.45, 7) is 5.60. The van der Waals surface area contributed by atoms with E-state index >= 15 is 0 Å². The molecule has 1 amide bonds. The van der Waals surface area contributed by atoms with E-state index in [2.05, 4.69) is 14.6 Å². The minimum absolute atomic E-state index is 0.178. The third-order valence-electron chi connectivity index (χ3n) is 5.77. The molecular formula is C22H27N5O. The third kappa shape index (κ3) is 3.46. The Morgan fingerprint density at radius 1 is 1.21 bits per heavy atom. The van der Waals surface area contributed by atoms with Gasteiger partial charge in [-0.15, -0.1) is 0 Å². The molecule has 1 atom stereocenters. The van der Waals surface area contributed by atoms with Crippen molar-refractivity contribution in [3.63, 3.8) is 0 Å². The predicted octanol–water partition coefficient (Wildman–Crippen LogP) is 3.17. The fourth-order valence-electron chi connectivity index (χ4n) is 4.20. The van der Waals surface area contributed by atoms with Crippen molar-refractivity contribution < 1.29 is 4.79 Å². The lowest BCUT2D eigenvalue weighted by molar-refractivity contribution is -0.131. The summed E-state index contributed by atoms with van der Waals surface area (Å²) in [5.41, 5.74) is 4.02. The summed E-state index contributed by atoms with van der Waals surface area (Å²) in [5, 5.41) is 4.68. The maximum atomic E-state index is 13.1. The molecule has 3 aromatic rings. The number of imidazole rings is 1. The smallest absolute Gasteiger partial charge is 0.227 e. The van der Waals surface area contributed by atoms with Crippen LogP contribution in [-0.4, -0.2) is 43.2 Å². The van der Waals surface area contributed by atoms with E-state index in [0.717, 1.165) is 54.4 Å². The van der Waals surface area contributed by atoms with Crippen molar-refractivity contribution in [2.24, 2.45) is 7.05 Å². The van der Waals surface area contributed by atoms with E-state index in [0.29, 0.717) is 12.3 Å². The van der Waals surface area contributed by atoms with Crippen LogP contribution in [0.15, 0.2) is 42.7 Å². The molecule has 0 aliphatic carbocycles. The van der Waals surface area contributed by atoms with Crippen LogP contribution < -0.4 is 0 Å². The first-order valence-electron chi connectivity index (χ1n) is 9.90. The molecule has 146 valence electrons. The van der Waals surface area contributed by atoms with E-state index in [1.54, 1.807) is 0 Å². The third-order valence-corrected chi connectivity index (χ3v) is 5.77. The zero-order chi connectivity index (χ0) is 19.7. The highest BCUT2D eigenvalue weighted by Crippen LogP contribution is 2.26. The van der Waals surface area contributed by atoms with Gasteiger partial charge in [-0.3, -0.25) is 4.79 Å². The number of carbonyl (C=O) groups is 1. The second kappa shape index (κ2) is 7.62.